The summed E-state index contributed by atoms with van der Waals surface area (Å²) in [7, 11) is 0. The molecule has 1 rings (SSSR count). The van der Waals surface area contributed by atoms with Crippen molar-refractivity contribution >= 4 is 0 Å². The largest absolute Gasteiger partial charge is 0.363 e. The van der Waals surface area contributed by atoms with Gasteiger partial charge in [0.05, 0.1) is 10.5 Å². The zero-order valence-corrected chi connectivity index (χ0v) is 8.74. The van der Waals surface area contributed by atoms with E-state index in [1.54, 1.807) is 27.7 Å². The van der Waals surface area contributed by atoms with Gasteiger partial charge < -0.3 is 10.5 Å². The topological polar surface area (TPSA) is 78.6 Å². The summed E-state index contributed by atoms with van der Waals surface area (Å²) in [6.45, 7) is 6.92. The molecule has 6 heteroatoms. The molecule has 0 unspecified atom stereocenters. The van der Waals surface area contributed by atoms with Crippen LogP contribution in [0.1, 0.15) is 27.7 Å². The Kier molecular flexibility index (Phi) is 2.29. The number of hydrogen-bond acceptors (Lipinski definition) is 5. The second-order valence-electron chi connectivity index (χ2n) is 4.38. The van der Waals surface area contributed by atoms with Crippen LogP contribution in [0.2, 0.25) is 0 Å². The summed E-state index contributed by atoms with van der Waals surface area (Å²) in [4.78, 5) is 9.82. The highest BCUT2D eigenvalue weighted by molar-refractivity contribution is 5.21. The molecule has 2 N–H and O–H groups in total. The Morgan fingerprint density at radius 2 is 2.00 bits per heavy atom. The zero-order chi connectivity index (χ0) is 11.1. The van der Waals surface area contributed by atoms with Crippen LogP contribution in [0.15, 0.2) is 11.9 Å². The van der Waals surface area contributed by atoms with Crippen molar-refractivity contribution < 1.29 is 10.1 Å². The average molecular weight is 201 g/mol. The van der Waals surface area contributed by atoms with Gasteiger partial charge in [-0.2, -0.15) is 5.06 Å². The van der Waals surface area contributed by atoms with Gasteiger partial charge in [0.2, 0.25) is 0 Å². The lowest BCUT2D eigenvalue weighted by molar-refractivity contribution is -0.404. The Bertz CT molecular complexity index is 296. The summed E-state index contributed by atoms with van der Waals surface area (Å²) in [5, 5.41) is 24.1. The summed E-state index contributed by atoms with van der Waals surface area (Å²) >= 11 is 0. The third-order valence-electron chi connectivity index (χ3n) is 2.39. The molecule has 80 valence electrons. The summed E-state index contributed by atoms with van der Waals surface area (Å²) in [6.07, 6.45) is 0.887. The third kappa shape index (κ3) is 1.58. The average Bonchev–Trinajstić information content (AvgIpc) is 2.12. The number of rotatable bonds is 1. The quantitative estimate of drug-likeness (QED) is 0.487. The van der Waals surface area contributed by atoms with Gasteiger partial charge in [-0.15, -0.1) is 0 Å². The normalized spacial score (nSPS) is 27.6. The first-order valence-corrected chi connectivity index (χ1v) is 4.31. The molecule has 14 heavy (non-hydrogen) atoms. The van der Waals surface area contributed by atoms with Gasteiger partial charge in [-0.25, -0.2) is 0 Å². The predicted molar refractivity (Wildman–Crippen MR) is 50.0 cm³/mol. The van der Waals surface area contributed by atoms with Crippen molar-refractivity contribution in [3.8, 4) is 0 Å². The van der Waals surface area contributed by atoms with Crippen molar-refractivity contribution in [1.29, 1.82) is 0 Å². The van der Waals surface area contributed by atoms with Gasteiger partial charge in [0.1, 0.15) is 11.4 Å². The van der Waals surface area contributed by atoms with Gasteiger partial charge in [-0.1, -0.05) is 0 Å². The van der Waals surface area contributed by atoms with Crippen molar-refractivity contribution in [2.45, 2.75) is 38.9 Å². The summed E-state index contributed by atoms with van der Waals surface area (Å²) in [5.74, 6) is 0. The molecular formula is C8H15N3O3. The van der Waals surface area contributed by atoms with Crippen molar-refractivity contribution in [3.63, 3.8) is 0 Å². The van der Waals surface area contributed by atoms with E-state index in [9.17, 15) is 15.3 Å². The smallest absolute Gasteiger partial charge is 0.255 e. The van der Waals surface area contributed by atoms with E-state index in [0.717, 1.165) is 11.3 Å². The second-order valence-corrected chi connectivity index (χ2v) is 4.38. The molecule has 0 aromatic rings. The zero-order valence-electron chi connectivity index (χ0n) is 8.74. The number of hydroxylamine groups is 2. The molecule has 1 heterocycles. The molecule has 0 spiro atoms. The van der Waals surface area contributed by atoms with Crippen LogP contribution in [0.3, 0.4) is 0 Å². The van der Waals surface area contributed by atoms with Crippen LogP contribution in [0.5, 0.6) is 0 Å². The molecule has 0 saturated carbocycles. The summed E-state index contributed by atoms with van der Waals surface area (Å²) in [6, 6.07) is 0. The fraction of sp³-hybridized carbons (Fsp3) is 0.750. The number of nitro groups is 1. The van der Waals surface area contributed by atoms with Crippen LogP contribution >= 0.6 is 0 Å². The van der Waals surface area contributed by atoms with Gasteiger partial charge in [-0.3, -0.25) is 10.1 Å². The maximum atomic E-state index is 10.3. The van der Waals surface area contributed by atoms with Crippen molar-refractivity contribution in [3.05, 3.63) is 22.0 Å². The van der Waals surface area contributed by atoms with Crippen LogP contribution in [0.4, 0.5) is 0 Å². The van der Waals surface area contributed by atoms with Gasteiger partial charge in [0.25, 0.3) is 6.20 Å². The Hall–Kier alpha value is -1.14. The highest BCUT2D eigenvalue weighted by Crippen LogP contribution is 2.34. The van der Waals surface area contributed by atoms with E-state index < -0.39 is 16.1 Å². The van der Waals surface area contributed by atoms with E-state index in [4.69, 9.17) is 0 Å². The molecule has 0 aromatic carbocycles. The Balaban J connectivity index is 3.09. The molecule has 1 saturated heterocycles. The van der Waals surface area contributed by atoms with E-state index in [0.29, 0.717) is 5.70 Å². The van der Waals surface area contributed by atoms with E-state index in [1.165, 1.54) is 0 Å². The maximum Gasteiger partial charge on any atom is 0.255 e. The molecule has 0 atom stereocenters. The van der Waals surface area contributed by atoms with Crippen LogP contribution in [-0.4, -0.2) is 26.4 Å². The SMILES string of the molecule is CC1(C)N/C(=C/[N+](=O)[O-])C(C)(C)N1O. The van der Waals surface area contributed by atoms with Crippen LogP contribution < -0.4 is 5.32 Å². The molecule has 1 aliphatic rings. The van der Waals surface area contributed by atoms with E-state index in [1.807, 2.05) is 0 Å². The molecule has 0 bridgehead atoms. The number of hydrogen-bond donors (Lipinski definition) is 2. The van der Waals surface area contributed by atoms with Gasteiger partial charge in [0, 0.05) is 0 Å². The summed E-state index contributed by atoms with van der Waals surface area (Å²) in [5.41, 5.74) is -1.06. The molecular weight excluding hydrogens is 186 g/mol. The van der Waals surface area contributed by atoms with Crippen molar-refractivity contribution in [2.24, 2.45) is 0 Å². The number of nitrogens with zero attached hydrogens (tertiary/aromatic N) is 2. The second kappa shape index (κ2) is 2.93. The highest BCUT2D eigenvalue weighted by atomic mass is 16.6. The predicted octanol–water partition coefficient (Wildman–Crippen LogP) is 0.914. The minimum Gasteiger partial charge on any atom is -0.363 e. The van der Waals surface area contributed by atoms with Crippen molar-refractivity contribution in [1.82, 2.24) is 10.4 Å². The highest BCUT2D eigenvalue weighted by Gasteiger charge is 2.49. The van der Waals surface area contributed by atoms with E-state index in [-0.39, 0.29) is 0 Å². The third-order valence-corrected chi connectivity index (χ3v) is 2.39. The molecule has 1 fully saturated rings. The Morgan fingerprint density at radius 3 is 2.29 bits per heavy atom. The fourth-order valence-corrected chi connectivity index (χ4v) is 1.64. The minimum absolute atomic E-state index is 0.398. The van der Waals surface area contributed by atoms with E-state index >= 15 is 0 Å². The van der Waals surface area contributed by atoms with E-state index in [2.05, 4.69) is 5.32 Å². The molecule has 0 aromatic heterocycles. The van der Waals surface area contributed by atoms with Crippen LogP contribution in [0.25, 0.3) is 0 Å². The standard InChI is InChI=1S/C8H15N3O3/c1-7(2)6(5-10(12)13)9-8(3,4)11(7)14/h5,9,14H,1-4H3/b6-5+. The maximum absolute atomic E-state index is 10.3. The lowest BCUT2D eigenvalue weighted by Gasteiger charge is -2.31. The van der Waals surface area contributed by atoms with Crippen LogP contribution in [-0.2, 0) is 0 Å². The van der Waals surface area contributed by atoms with Crippen LogP contribution in [0, 0.1) is 10.1 Å². The molecule has 6 nitrogen and oxygen atoms in total. The minimum atomic E-state index is -0.767. The molecule has 0 radical (unpaired) electrons. The first kappa shape index (κ1) is 10.9. The fourth-order valence-electron chi connectivity index (χ4n) is 1.64. The Labute approximate surface area is 82.3 Å². The Morgan fingerprint density at radius 1 is 1.50 bits per heavy atom. The molecule has 0 amide bonds. The van der Waals surface area contributed by atoms with Gasteiger partial charge in [-0.05, 0) is 27.7 Å². The lowest BCUT2D eigenvalue weighted by atomic mass is 10.0. The lowest BCUT2D eigenvalue weighted by Crippen LogP contribution is -2.48. The molecule has 0 aliphatic carbocycles. The van der Waals surface area contributed by atoms with Gasteiger partial charge in [0.15, 0.2) is 0 Å². The van der Waals surface area contributed by atoms with Crippen molar-refractivity contribution in [2.75, 3.05) is 0 Å². The molecule has 1 aliphatic heterocycles. The first-order chi connectivity index (χ1) is 6.18. The van der Waals surface area contributed by atoms with Gasteiger partial charge >= 0.3 is 0 Å². The first-order valence-electron chi connectivity index (χ1n) is 4.31. The number of nitrogens with one attached hydrogen (secondary N) is 1. The monoisotopic (exact) mass is 201 g/mol. The summed E-state index contributed by atoms with van der Waals surface area (Å²) < 4.78 is 0.